The van der Waals surface area contributed by atoms with Crippen molar-refractivity contribution in [2.24, 2.45) is 11.7 Å². The van der Waals surface area contributed by atoms with E-state index in [9.17, 15) is 0 Å². The van der Waals surface area contributed by atoms with Crippen LogP contribution >= 0.6 is 0 Å². The Bertz CT molecular complexity index is 276. The average molecular weight is 177 g/mol. The van der Waals surface area contributed by atoms with Gasteiger partial charge < -0.3 is 5.73 Å². The lowest BCUT2D eigenvalue weighted by Gasteiger charge is -2.08. The Balaban J connectivity index is 2.88. The van der Waals surface area contributed by atoms with Gasteiger partial charge in [-0.1, -0.05) is 37.6 Å². The van der Waals surface area contributed by atoms with E-state index in [1.165, 1.54) is 16.7 Å². The summed E-state index contributed by atoms with van der Waals surface area (Å²) in [6.07, 6.45) is 1.15. The minimum Gasteiger partial charge on any atom is -0.326 e. The molecule has 1 rings (SSSR count). The Kier molecular flexibility index (Phi) is 3.49. The quantitative estimate of drug-likeness (QED) is 0.754. The van der Waals surface area contributed by atoms with E-state index in [1.54, 1.807) is 0 Å². The first-order chi connectivity index (χ1) is 6.11. The van der Waals surface area contributed by atoms with Crippen molar-refractivity contribution in [3.05, 3.63) is 34.9 Å². The highest BCUT2D eigenvalue weighted by Gasteiger charge is 2.00. The first kappa shape index (κ1) is 10.3. The molecule has 1 heteroatoms. The number of hydrogen-bond acceptors (Lipinski definition) is 1. The highest BCUT2D eigenvalue weighted by molar-refractivity contribution is 5.29. The molecule has 0 bridgehead atoms. The number of nitrogens with two attached hydrogens (primary N) is 1. The summed E-state index contributed by atoms with van der Waals surface area (Å²) in [5.41, 5.74) is 9.59. The minimum absolute atomic E-state index is 0.646. The topological polar surface area (TPSA) is 26.0 Å². The zero-order chi connectivity index (χ0) is 9.84. The van der Waals surface area contributed by atoms with E-state index in [0.29, 0.717) is 12.5 Å². The standard InChI is InChI=1S/C12H19N/c1-9(2)4-11-5-10(3)6-12(7-11)8-13/h5-7,9H,4,8,13H2,1-3H3. The van der Waals surface area contributed by atoms with Crippen molar-refractivity contribution in [3.8, 4) is 0 Å². The van der Waals surface area contributed by atoms with Crippen molar-refractivity contribution in [2.75, 3.05) is 0 Å². The summed E-state index contributed by atoms with van der Waals surface area (Å²) in [4.78, 5) is 0. The lowest BCUT2D eigenvalue weighted by atomic mass is 9.99. The first-order valence-corrected chi connectivity index (χ1v) is 4.91. The number of benzene rings is 1. The molecule has 0 atom stereocenters. The van der Waals surface area contributed by atoms with Gasteiger partial charge in [0.2, 0.25) is 0 Å². The molecule has 72 valence electrons. The fraction of sp³-hybridized carbons (Fsp3) is 0.500. The predicted molar refractivity (Wildman–Crippen MR) is 57.6 cm³/mol. The second kappa shape index (κ2) is 4.43. The Labute approximate surface area is 81.0 Å². The predicted octanol–water partition coefficient (Wildman–Crippen LogP) is 2.65. The van der Waals surface area contributed by atoms with Crippen molar-refractivity contribution in [1.82, 2.24) is 0 Å². The molecular formula is C12H19N. The highest BCUT2D eigenvalue weighted by atomic mass is 14.5. The maximum absolute atomic E-state index is 5.62. The van der Waals surface area contributed by atoms with E-state index in [1.807, 2.05) is 0 Å². The summed E-state index contributed by atoms with van der Waals surface area (Å²) in [7, 11) is 0. The van der Waals surface area contributed by atoms with E-state index < -0.39 is 0 Å². The third-order valence-corrected chi connectivity index (χ3v) is 2.08. The molecule has 0 aromatic heterocycles. The van der Waals surface area contributed by atoms with Crippen LogP contribution in [0.25, 0.3) is 0 Å². The van der Waals surface area contributed by atoms with Crippen LogP contribution in [-0.4, -0.2) is 0 Å². The molecule has 0 fully saturated rings. The molecule has 1 aromatic carbocycles. The molecule has 13 heavy (non-hydrogen) atoms. The van der Waals surface area contributed by atoms with Crippen molar-refractivity contribution >= 4 is 0 Å². The average Bonchev–Trinajstić information content (AvgIpc) is 2.01. The summed E-state index contributed by atoms with van der Waals surface area (Å²) in [5.74, 6) is 0.715. The first-order valence-electron chi connectivity index (χ1n) is 4.91. The summed E-state index contributed by atoms with van der Waals surface area (Å²) in [5, 5.41) is 0. The van der Waals surface area contributed by atoms with Crippen LogP contribution in [0, 0.1) is 12.8 Å². The molecule has 0 heterocycles. The molecule has 1 nitrogen and oxygen atoms in total. The molecule has 0 saturated carbocycles. The second-order valence-corrected chi connectivity index (χ2v) is 4.13. The lowest BCUT2D eigenvalue weighted by molar-refractivity contribution is 0.646. The molecule has 0 saturated heterocycles. The van der Waals surface area contributed by atoms with Gasteiger partial charge in [-0.05, 0) is 30.4 Å². The van der Waals surface area contributed by atoms with E-state index in [2.05, 4.69) is 39.0 Å². The zero-order valence-corrected chi connectivity index (χ0v) is 8.80. The van der Waals surface area contributed by atoms with Gasteiger partial charge in [0.15, 0.2) is 0 Å². The molecule has 0 spiro atoms. The van der Waals surface area contributed by atoms with Gasteiger partial charge in [0, 0.05) is 6.54 Å². The summed E-state index contributed by atoms with van der Waals surface area (Å²) >= 11 is 0. The molecule has 0 aliphatic carbocycles. The van der Waals surface area contributed by atoms with Crippen LogP contribution in [-0.2, 0) is 13.0 Å². The molecule has 0 radical (unpaired) electrons. The third kappa shape index (κ3) is 3.19. The van der Waals surface area contributed by atoms with Crippen molar-refractivity contribution in [2.45, 2.75) is 33.7 Å². The van der Waals surface area contributed by atoms with Gasteiger partial charge >= 0.3 is 0 Å². The fourth-order valence-corrected chi connectivity index (χ4v) is 1.66. The van der Waals surface area contributed by atoms with Crippen LogP contribution in [0.2, 0.25) is 0 Å². The molecule has 0 unspecified atom stereocenters. The molecule has 0 aliphatic heterocycles. The largest absolute Gasteiger partial charge is 0.326 e. The van der Waals surface area contributed by atoms with Crippen LogP contribution < -0.4 is 5.73 Å². The van der Waals surface area contributed by atoms with Gasteiger partial charge in [0.05, 0.1) is 0 Å². The smallest absolute Gasteiger partial charge is 0.0178 e. The van der Waals surface area contributed by atoms with Crippen molar-refractivity contribution < 1.29 is 0 Å². The lowest BCUT2D eigenvalue weighted by Crippen LogP contribution is -2.00. The van der Waals surface area contributed by atoms with Crippen LogP contribution in [0.3, 0.4) is 0 Å². The number of aryl methyl sites for hydroxylation is 1. The van der Waals surface area contributed by atoms with E-state index in [4.69, 9.17) is 5.73 Å². The molecule has 2 N–H and O–H groups in total. The van der Waals surface area contributed by atoms with Crippen LogP contribution in [0.5, 0.6) is 0 Å². The van der Waals surface area contributed by atoms with Crippen molar-refractivity contribution in [3.63, 3.8) is 0 Å². The number of hydrogen-bond donors (Lipinski definition) is 1. The Morgan fingerprint density at radius 1 is 1.15 bits per heavy atom. The maximum atomic E-state index is 5.62. The van der Waals surface area contributed by atoms with Gasteiger partial charge in [0.25, 0.3) is 0 Å². The number of rotatable bonds is 3. The van der Waals surface area contributed by atoms with Gasteiger partial charge in [-0.25, -0.2) is 0 Å². The minimum atomic E-state index is 0.646. The summed E-state index contributed by atoms with van der Waals surface area (Å²) < 4.78 is 0. The SMILES string of the molecule is Cc1cc(CN)cc(CC(C)C)c1. The fourth-order valence-electron chi connectivity index (χ4n) is 1.66. The van der Waals surface area contributed by atoms with E-state index in [0.717, 1.165) is 6.42 Å². The van der Waals surface area contributed by atoms with E-state index >= 15 is 0 Å². The molecule has 0 amide bonds. The van der Waals surface area contributed by atoms with Gasteiger partial charge in [-0.2, -0.15) is 0 Å². The highest BCUT2D eigenvalue weighted by Crippen LogP contribution is 2.13. The molecular weight excluding hydrogens is 158 g/mol. The summed E-state index contributed by atoms with van der Waals surface area (Å²) in [6.45, 7) is 7.25. The molecule has 0 aliphatic rings. The molecule has 1 aromatic rings. The van der Waals surface area contributed by atoms with E-state index in [-0.39, 0.29) is 0 Å². The summed E-state index contributed by atoms with van der Waals surface area (Å²) in [6, 6.07) is 6.62. The Morgan fingerprint density at radius 3 is 2.31 bits per heavy atom. The second-order valence-electron chi connectivity index (χ2n) is 4.13. The van der Waals surface area contributed by atoms with Crippen molar-refractivity contribution in [1.29, 1.82) is 0 Å². The zero-order valence-electron chi connectivity index (χ0n) is 8.80. The van der Waals surface area contributed by atoms with Crippen LogP contribution in [0.4, 0.5) is 0 Å². The maximum Gasteiger partial charge on any atom is 0.0178 e. The van der Waals surface area contributed by atoms with Gasteiger partial charge in [-0.15, -0.1) is 0 Å². The van der Waals surface area contributed by atoms with Gasteiger partial charge in [-0.3, -0.25) is 0 Å². The van der Waals surface area contributed by atoms with Crippen LogP contribution in [0.1, 0.15) is 30.5 Å². The third-order valence-electron chi connectivity index (χ3n) is 2.08. The Morgan fingerprint density at radius 2 is 1.77 bits per heavy atom. The normalized spacial score (nSPS) is 10.8. The monoisotopic (exact) mass is 177 g/mol. The van der Waals surface area contributed by atoms with Crippen LogP contribution in [0.15, 0.2) is 18.2 Å². The Hall–Kier alpha value is -0.820. The van der Waals surface area contributed by atoms with Gasteiger partial charge in [0.1, 0.15) is 0 Å².